The molecule has 0 unspecified atom stereocenters. The van der Waals surface area contributed by atoms with Crippen LogP contribution >= 0.6 is 0 Å². The van der Waals surface area contributed by atoms with Crippen LogP contribution in [-0.2, 0) is 40.4 Å². The van der Waals surface area contributed by atoms with Gasteiger partial charge in [0.2, 0.25) is 0 Å². The van der Waals surface area contributed by atoms with E-state index in [1.54, 1.807) is 0 Å². The Morgan fingerprint density at radius 3 is 2.50 bits per heavy atom. The van der Waals surface area contributed by atoms with Crippen molar-refractivity contribution < 1.29 is 12.6 Å². The van der Waals surface area contributed by atoms with Gasteiger partial charge in [-0.2, -0.15) is 8.42 Å². The van der Waals surface area contributed by atoms with Gasteiger partial charge in [0.25, 0.3) is 10.1 Å². The molecule has 128 valence electrons. The lowest BCUT2D eigenvalue weighted by Gasteiger charge is -2.14. The zero-order chi connectivity index (χ0) is 17.0. The van der Waals surface area contributed by atoms with Gasteiger partial charge in [-0.05, 0) is 41.6 Å². The third kappa shape index (κ3) is 4.90. The lowest BCUT2D eigenvalue weighted by Crippen LogP contribution is -2.18. The van der Waals surface area contributed by atoms with Crippen molar-refractivity contribution in [2.75, 3.05) is 12.8 Å². The van der Waals surface area contributed by atoms with Crippen molar-refractivity contribution in [2.45, 2.75) is 32.5 Å². The van der Waals surface area contributed by atoms with Crippen LogP contribution in [0.15, 0.2) is 48.5 Å². The summed E-state index contributed by atoms with van der Waals surface area (Å²) in [6, 6.07) is 16.7. The summed E-state index contributed by atoms with van der Waals surface area (Å²) >= 11 is 0. The fraction of sp³-hybridized carbons (Fsp3) is 0.368. The van der Waals surface area contributed by atoms with Crippen LogP contribution in [0.1, 0.15) is 28.7 Å². The van der Waals surface area contributed by atoms with Crippen LogP contribution in [0, 0.1) is 0 Å². The Morgan fingerprint density at radius 1 is 1.00 bits per heavy atom. The van der Waals surface area contributed by atoms with Crippen molar-refractivity contribution >= 4 is 10.1 Å². The van der Waals surface area contributed by atoms with E-state index in [1.165, 1.54) is 16.7 Å². The Labute approximate surface area is 144 Å². The van der Waals surface area contributed by atoms with Crippen LogP contribution < -0.4 is 0 Å². The summed E-state index contributed by atoms with van der Waals surface area (Å²) in [4.78, 5) is 2.44. The zero-order valence-corrected chi connectivity index (χ0v) is 14.8. The average Bonchev–Trinajstić information content (AvgIpc) is 2.95. The molecule has 1 aliphatic rings. The summed E-state index contributed by atoms with van der Waals surface area (Å²) in [6.45, 7) is 3.08. The highest BCUT2D eigenvalue weighted by Gasteiger charge is 2.18. The summed E-state index contributed by atoms with van der Waals surface area (Å²) in [7, 11) is -3.40. The highest BCUT2D eigenvalue weighted by atomic mass is 32.2. The van der Waals surface area contributed by atoms with Gasteiger partial charge in [0.1, 0.15) is 0 Å². The number of nitrogens with zero attached hydrogens (tertiary/aromatic N) is 1. The van der Waals surface area contributed by atoms with E-state index in [9.17, 15) is 8.42 Å². The van der Waals surface area contributed by atoms with Gasteiger partial charge in [0.15, 0.2) is 0 Å². The van der Waals surface area contributed by atoms with E-state index < -0.39 is 10.1 Å². The maximum atomic E-state index is 11.1. The van der Waals surface area contributed by atoms with E-state index in [1.807, 2.05) is 12.1 Å². The summed E-state index contributed by atoms with van der Waals surface area (Å²) in [5.74, 6) is 0. The summed E-state index contributed by atoms with van der Waals surface area (Å²) in [5.41, 5.74) is 4.90. The quantitative estimate of drug-likeness (QED) is 0.724. The lowest BCUT2D eigenvalue weighted by atomic mass is 10.1. The largest absolute Gasteiger partial charge is 0.295 e. The zero-order valence-electron chi connectivity index (χ0n) is 13.9. The molecule has 24 heavy (non-hydrogen) atoms. The Balaban J connectivity index is 1.51. The number of hydrogen-bond donors (Lipinski definition) is 0. The topological polar surface area (TPSA) is 46.6 Å². The molecule has 0 amide bonds. The monoisotopic (exact) mass is 345 g/mol. The van der Waals surface area contributed by atoms with Crippen LogP contribution in [0.4, 0.5) is 0 Å². The van der Waals surface area contributed by atoms with E-state index in [0.29, 0.717) is 0 Å². The molecular weight excluding hydrogens is 322 g/mol. The third-order valence-electron chi connectivity index (χ3n) is 4.28. The van der Waals surface area contributed by atoms with Crippen molar-refractivity contribution in [2.24, 2.45) is 0 Å². The molecule has 0 saturated heterocycles. The Kier molecular flexibility index (Phi) is 5.33. The van der Waals surface area contributed by atoms with Crippen molar-refractivity contribution in [3.05, 3.63) is 70.8 Å². The first-order chi connectivity index (χ1) is 11.5. The maximum Gasteiger partial charge on any atom is 0.264 e. The van der Waals surface area contributed by atoms with E-state index in [4.69, 9.17) is 4.18 Å². The molecule has 2 aromatic carbocycles. The van der Waals surface area contributed by atoms with Gasteiger partial charge in [0, 0.05) is 13.1 Å². The van der Waals surface area contributed by atoms with Gasteiger partial charge in [-0.25, -0.2) is 0 Å². The van der Waals surface area contributed by atoms with Gasteiger partial charge >= 0.3 is 0 Å². The molecular formula is C19H23NO3S. The molecule has 4 nitrogen and oxygen atoms in total. The molecule has 0 spiro atoms. The second kappa shape index (κ2) is 7.47. The molecule has 3 rings (SSSR count). The molecule has 0 bridgehead atoms. The first-order valence-electron chi connectivity index (χ1n) is 8.21. The SMILES string of the molecule is CS(=O)(=O)OCc1ccc2c(c1)CN(CCCc1ccccc1)C2. The fourth-order valence-corrected chi connectivity index (χ4v) is 3.44. The van der Waals surface area contributed by atoms with E-state index in [-0.39, 0.29) is 6.61 Å². The summed E-state index contributed by atoms with van der Waals surface area (Å²) in [6.07, 6.45) is 3.32. The molecule has 0 radical (unpaired) electrons. The fourth-order valence-electron chi connectivity index (χ4n) is 3.09. The molecule has 1 aliphatic heterocycles. The smallest absolute Gasteiger partial charge is 0.264 e. The first-order valence-corrected chi connectivity index (χ1v) is 10.0. The van der Waals surface area contributed by atoms with E-state index >= 15 is 0 Å². The predicted octanol–water partition coefficient (Wildman–Crippen LogP) is 3.11. The molecule has 0 saturated carbocycles. The van der Waals surface area contributed by atoms with Gasteiger partial charge < -0.3 is 0 Å². The van der Waals surface area contributed by atoms with Crippen LogP contribution in [-0.4, -0.2) is 26.1 Å². The van der Waals surface area contributed by atoms with Crippen molar-refractivity contribution in [1.29, 1.82) is 0 Å². The van der Waals surface area contributed by atoms with Crippen LogP contribution in [0.25, 0.3) is 0 Å². The van der Waals surface area contributed by atoms with Gasteiger partial charge in [-0.3, -0.25) is 9.08 Å². The van der Waals surface area contributed by atoms with Gasteiger partial charge in [-0.1, -0.05) is 48.5 Å². The summed E-state index contributed by atoms with van der Waals surface area (Å²) < 4.78 is 27.1. The minimum Gasteiger partial charge on any atom is -0.295 e. The summed E-state index contributed by atoms with van der Waals surface area (Å²) in [5, 5.41) is 0. The molecule has 2 aromatic rings. The molecule has 0 atom stereocenters. The number of hydrogen-bond acceptors (Lipinski definition) is 4. The molecule has 0 aliphatic carbocycles. The molecule has 1 heterocycles. The average molecular weight is 345 g/mol. The Morgan fingerprint density at radius 2 is 1.75 bits per heavy atom. The minimum absolute atomic E-state index is 0.111. The molecule has 0 fully saturated rings. The second-order valence-corrected chi connectivity index (χ2v) is 8.01. The van der Waals surface area contributed by atoms with Crippen LogP contribution in [0.3, 0.4) is 0 Å². The van der Waals surface area contributed by atoms with Crippen LogP contribution in [0.5, 0.6) is 0 Å². The highest BCUT2D eigenvalue weighted by molar-refractivity contribution is 7.85. The lowest BCUT2D eigenvalue weighted by molar-refractivity contribution is 0.280. The second-order valence-electron chi connectivity index (χ2n) is 6.37. The number of rotatable bonds is 7. The minimum atomic E-state index is -3.40. The normalized spacial score (nSPS) is 14.7. The molecule has 5 heteroatoms. The molecule has 0 aromatic heterocycles. The van der Waals surface area contributed by atoms with Gasteiger partial charge in [-0.15, -0.1) is 0 Å². The van der Waals surface area contributed by atoms with Gasteiger partial charge in [0.05, 0.1) is 12.9 Å². The third-order valence-corrected chi connectivity index (χ3v) is 4.83. The number of aryl methyl sites for hydroxylation is 1. The maximum absolute atomic E-state index is 11.1. The van der Waals surface area contributed by atoms with Crippen molar-refractivity contribution in [3.63, 3.8) is 0 Å². The van der Waals surface area contributed by atoms with Crippen LogP contribution in [0.2, 0.25) is 0 Å². The van der Waals surface area contributed by atoms with Crippen molar-refractivity contribution in [1.82, 2.24) is 4.90 Å². The van der Waals surface area contributed by atoms with Crippen molar-refractivity contribution in [3.8, 4) is 0 Å². The predicted molar refractivity (Wildman–Crippen MR) is 95.0 cm³/mol. The van der Waals surface area contributed by atoms with E-state index in [2.05, 4.69) is 41.3 Å². The standard InChI is InChI=1S/C19H23NO3S/c1-24(21,22)23-15-17-9-10-18-13-20(14-19(18)12-17)11-5-8-16-6-3-2-4-7-16/h2-4,6-7,9-10,12H,5,8,11,13-15H2,1H3. The van der Waals surface area contributed by atoms with E-state index in [0.717, 1.165) is 44.3 Å². The highest BCUT2D eigenvalue weighted by Crippen LogP contribution is 2.24. The molecule has 0 N–H and O–H groups in total. The first kappa shape index (κ1) is 17.1. The number of fused-ring (bicyclic) bond motifs is 1. The Bertz CT molecular complexity index is 788. The Hall–Kier alpha value is -1.69. The number of benzene rings is 2.